The van der Waals surface area contributed by atoms with Gasteiger partial charge in [-0.25, -0.2) is 0 Å². The van der Waals surface area contributed by atoms with Crippen molar-refractivity contribution in [1.82, 2.24) is 9.80 Å². The number of nitrogens with two attached hydrogens (primary N) is 1. The first kappa shape index (κ1) is 16.1. The summed E-state index contributed by atoms with van der Waals surface area (Å²) in [7, 11) is 0. The van der Waals surface area contributed by atoms with E-state index in [1.165, 1.54) is 25.7 Å². The molecule has 4 rings (SSSR count). The van der Waals surface area contributed by atoms with Crippen LogP contribution in [0.1, 0.15) is 31.2 Å². The molecule has 1 saturated heterocycles. The number of carbonyl (C=O) groups excluding carboxylic acids is 1. The lowest BCUT2D eigenvalue weighted by Crippen LogP contribution is -2.56. The second-order valence-corrected chi connectivity index (χ2v) is 7.90. The summed E-state index contributed by atoms with van der Waals surface area (Å²) in [5.41, 5.74) is 7.32. The van der Waals surface area contributed by atoms with Gasteiger partial charge >= 0.3 is 0 Å². The molecule has 2 bridgehead atoms. The number of hydrogen-bond acceptors (Lipinski definition) is 3. The van der Waals surface area contributed by atoms with E-state index < -0.39 is 6.04 Å². The lowest BCUT2D eigenvalue weighted by Gasteiger charge is -2.41. The molecule has 1 aromatic carbocycles. The summed E-state index contributed by atoms with van der Waals surface area (Å²) in [6, 6.07) is 10.5. The Morgan fingerprint density at radius 1 is 1.08 bits per heavy atom. The molecular weight excluding hydrogens is 298 g/mol. The summed E-state index contributed by atoms with van der Waals surface area (Å²) in [6.07, 6.45) is 6.36. The summed E-state index contributed by atoms with van der Waals surface area (Å²) in [5, 5.41) is 0. The molecule has 24 heavy (non-hydrogen) atoms. The van der Waals surface area contributed by atoms with Gasteiger partial charge in [0.25, 0.3) is 0 Å². The standard InChI is InChI=1S/C20H29N3O/c21-18(13-15-4-2-1-3-5-15)20(24)23-10-8-22(9-11-23)19-14-16-6-7-17(19)12-16/h1-5,16-19H,6-14,21H2. The van der Waals surface area contributed by atoms with E-state index >= 15 is 0 Å². The zero-order valence-electron chi connectivity index (χ0n) is 14.4. The lowest BCUT2D eigenvalue weighted by molar-refractivity contribution is -0.134. The van der Waals surface area contributed by atoms with Crippen LogP contribution in [0.3, 0.4) is 0 Å². The number of benzene rings is 1. The van der Waals surface area contributed by atoms with Crippen LogP contribution in [0, 0.1) is 11.8 Å². The van der Waals surface area contributed by atoms with Gasteiger partial charge in [0.1, 0.15) is 0 Å². The number of piperazine rings is 1. The number of nitrogens with zero attached hydrogens (tertiary/aromatic N) is 2. The van der Waals surface area contributed by atoms with Crippen molar-refractivity contribution in [2.75, 3.05) is 26.2 Å². The Hall–Kier alpha value is -1.39. The molecule has 130 valence electrons. The molecule has 3 fully saturated rings. The number of fused-ring (bicyclic) bond motifs is 2. The Balaban J connectivity index is 1.28. The van der Waals surface area contributed by atoms with Gasteiger partial charge < -0.3 is 10.6 Å². The minimum Gasteiger partial charge on any atom is -0.339 e. The normalized spacial score (nSPS) is 31.4. The van der Waals surface area contributed by atoms with Crippen molar-refractivity contribution in [2.24, 2.45) is 17.6 Å². The number of rotatable bonds is 4. The highest BCUT2D eigenvalue weighted by Gasteiger charge is 2.43. The van der Waals surface area contributed by atoms with E-state index in [1.807, 2.05) is 35.2 Å². The van der Waals surface area contributed by atoms with Gasteiger partial charge in [0, 0.05) is 32.2 Å². The average molecular weight is 327 g/mol. The van der Waals surface area contributed by atoms with Crippen LogP contribution in [0.4, 0.5) is 0 Å². The summed E-state index contributed by atoms with van der Waals surface area (Å²) in [4.78, 5) is 17.3. The topological polar surface area (TPSA) is 49.6 Å². The maximum absolute atomic E-state index is 12.6. The van der Waals surface area contributed by atoms with E-state index in [4.69, 9.17) is 5.73 Å². The van der Waals surface area contributed by atoms with Crippen LogP contribution in [0.2, 0.25) is 0 Å². The Labute approximate surface area is 145 Å². The van der Waals surface area contributed by atoms with Crippen LogP contribution in [0.25, 0.3) is 0 Å². The maximum Gasteiger partial charge on any atom is 0.239 e. The molecule has 0 radical (unpaired) electrons. The van der Waals surface area contributed by atoms with Crippen LogP contribution >= 0.6 is 0 Å². The minimum atomic E-state index is -0.415. The quantitative estimate of drug-likeness (QED) is 0.919. The van der Waals surface area contributed by atoms with Crippen LogP contribution < -0.4 is 5.73 Å². The predicted octanol–water partition coefficient (Wildman–Crippen LogP) is 1.89. The van der Waals surface area contributed by atoms with Crippen LogP contribution in [-0.2, 0) is 11.2 Å². The van der Waals surface area contributed by atoms with Crippen LogP contribution in [0.5, 0.6) is 0 Å². The highest BCUT2D eigenvalue weighted by Crippen LogP contribution is 2.46. The molecule has 1 heterocycles. The molecule has 2 N–H and O–H groups in total. The zero-order chi connectivity index (χ0) is 16.5. The molecule has 4 atom stereocenters. The predicted molar refractivity (Wildman–Crippen MR) is 95.5 cm³/mol. The van der Waals surface area contributed by atoms with Crippen LogP contribution in [-0.4, -0.2) is 54.0 Å². The molecule has 2 aliphatic carbocycles. The monoisotopic (exact) mass is 327 g/mol. The zero-order valence-corrected chi connectivity index (χ0v) is 14.4. The fourth-order valence-corrected chi connectivity index (χ4v) is 5.12. The highest BCUT2D eigenvalue weighted by atomic mass is 16.2. The summed E-state index contributed by atoms with van der Waals surface area (Å²) in [6.45, 7) is 3.74. The van der Waals surface area contributed by atoms with Crippen molar-refractivity contribution < 1.29 is 4.79 Å². The summed E-state index contributed by atoms with van der Waals surface area (Å²) >= 11 is 0. The third-order valence-corrected chi connectivity index (χ3v) is 6.41. The van der Waals surface area contributed by atoms with Crippen LogP contribution in [0.15, 0.2) is 30.3 Å². The first-order valence-electron chi connectivity index (χ1n) is 9.53. The Morgan fingerprint density at radius 3 is 2.46 bits per heavy atom. The van der Waals surface area contributed by atoms with Gasteiger partial charge in [-0.05, 0) is 43.1 Å². The fraction of sp³-hybridized carbons (Fsp3) is 0.650. The number of amides is 1. The second kappa shape index (κ2) is 6.85. The Kier molecular flexibility index (Phi) is 4.59. The second-order valence-electron chi connectivity index (χ2n) is 7.90. The summed E-state index contributed by atoms with van der Waals surface area (Å²) < 4.78 is 0. The molecular formula is C20H29N3O. The molecule has 2 saturated carbocycles. The van der Waals surface area contributed by atoms with Crippen molar-refractivity contribution in [3.8, 4) is 0 Å². The maximum atomic E-state index is 12.6. The third kappa shape index (κ3) is 3.22. The van der Waals surface area contributed by atoms with E-state index in [9.17, 15) is 4.79 Å². The molecule has 4 heteroatoms. The van der Waals surface area contributed by atoms with Gasteiger partial charge in [0.15, 0.2) is 0 Å². The van der Waals surface area contributed by atoms with E-state index in [2.05, 4.69) is 4.90 Å². The van der Waals surface area contributed by atoms with E-state index in [0.717, 1.165) is 49.6 Å². The smallest absolute Gasteiger partial charge is 0.239 e. The number of hydrogen-bond donors (Lipinski definition) is 1. The largest absolute Gasteiger partial charge is 0.339 e. The third-order valence-electron chi connectivity index (χ3n) is 6.41. The van der Waals surface area contributed by atoms with E-state index in [-0.39, 0.29) is 5.91 Å². The SMILES string of the molecule is NC(Cc1ccccc1)C(=O)N1CCN(C2CC3CCC2C3)CC1. The molecule has 1 amide bonds. The molecule has 1 aliphatic heterocycles. The lowest BCUT2D eigenvalue weighted by atomic mass is 9.93. The van der Waals surface area contributed by atoms with E-state index in [0.29, 0.717) is 6.42 Å². The minimum absolute atomic E-state index is 0.117. The van der Waals surface area contributed by atoms with E-state index in [1.54, 1.807) is 0 Å². The van der Waals surface area contributed by atoms with Gasteiger partial charge in [-0.15, -0.1) is 0 Å². The van der Waals surface area contributed by atoms with Crippen molar-refractivity contribution in [3.63, 3.8) is 0 Å². The average Bonchev–Trinajstić information content (AvgIpc) is 3.25. The molecule has 4 unspecified atom stereocenters. The highest BCUT2D eigenvalue weighted by molar-refractivity contribution is 5.82. The first-order valence-corrected chi connectivity index (χ1v) is 9.53. The molecule has 0 spiro atoms. The van der Waals surface area contributed by atoms with Crippen molar-refractivity contribution in [1.29, 1.82) is 0 Å². The molecule has 1 aromatic rings. The van der Waals surface area contributed by atoms with Gasteiger partial charge in [-0.3, -0.25) is 9.69 Å². The first-order chi connectivity index (χ1) is 11.7. The van der Waals surface area contributed by atoms with Crippen molar-refractivity contribution >= 4 is 5.91 Å². The van der Waals surface area contributed by atoms with Gasteiger partial charge in [-0.2, -0.15) is 0 Å². The Bertz CT molecular complexity index is 568. The number of carbonyl (C=O) groups is 1. The fourth-order valence-electron chi connectivity index (χ4n) is 5.12. The summed E-state index contributed by atoms with van der Waals surface area (Å²) in [5.74, 6) is 2.03. The van der Waals surface area contributed by atoms with Gasteiger partial charge in [0.2, 0.25) is 5.91 Å². The molecule has 0 aromatic heterocycles. The van der Waals surface area contributed by atoms with Crippen molar-refractivity contribution in [3.05, 3.63) is 35.9 Å². The van der Waals surface area contributed by atoms with Gasteiger partial charge in [0.05, 0.1) is 6.04 Å². The molecule has 4 nitrogen and oxygen atoms in total. The van der Waals surface area contributed by atoms with Crippen molar-refractivity contribution in [2.45, 2.75) is 44.2 Å². The van der Waals surface area contributed by atoms with Gasteiger partial charge in [-0.1, -0.05) is 36.8 Å². The molecule has 3 aliphatic rings. The Morgan fingerprint density at radius 2 is 1.83 bits per heavy atom.